The van der Waals surface area contributed by atoms with E-state index in [4.69, 9.17) is 4.74 Å². The topological polar surface area (TPSA) is 26.3 Å². The molecule has 74 valence electrons. The lowest BCUT2D eigenvalue weighted by molar-refractivity contribution is -0.137. The number of hydrogen-bond acceptors (Lipinski definition) is 2. The predicted molar refractivity (Wildman–Crippen MR) is 58.3 cm³/mol. The number of hydrogen-bond donors (Lipinski definition) is 0. The molecule has 0 unspecified atom stereocenters. The molecule has 0 fully saturated rings. The highest BCUT2D eigenvalue weighted by molar-refractivity contribution is 6.80. The van der Waals surface area contributed by atoms with Gasteiger partial charge in [-0.1, -0.05) is 38.0 Å². The van der Waals surface area contributed by atoms with Gasteiger partial charge in [0.25, 0.3) is 0 Å². The molecule has 0 saturated carbocycles. The van der Waals surface area contributed by atoms with E-state index >= 15 is 0 Å². The van der Waals surface area contributed by atoms with Crippen molar-refractivity contribution in [1.29, 1.82) is 0 Å². The molecule has 0 aromatic carbocycles. The van der Waals surface area contributed by atoms with E-state index < -0.39 is 8.07 Å². The summed E-state index contributed by atoms with van der Waals surface area (Å²) in [5, 5.41) is 0. The third-order valence-electron chi connectivity index (χ3n) is 1.28. The van der Waals surface area contributed by atoms with E-state index in [2.05, 4.69) is 31.9 Å². The summed E-state index contributed by atoms with van der Waals surface area (Å²) >= 11 is 0. The molecule has 0 saturated heterocycles. The van der Waals surface area contributed by atoms with E-state index in [9.17, 15) is 4.79 Å². The Morgan fingerprint density at radius 3 is 2.38 bits per heavy atom. The predicted octanol–water partition coefficient (Wildman–Crippen LogP) is 2.54. The molecule has 0 radical (unpaired) electrons. The Bertz CT molecular complexity index is 224. The Hall–Kier alpha value is -0.833. The van der Waals surface area contributed by atoms with E-state index in [0.717, 1.165) is 0 Å². The minimum atomic E-state index is -1.15. The highest BCUT2D eigenvalue weighted by Crippen LogP contribution is 2.01. The maximum absolute atomic E-state index is 10.9. The summed E-state index contributed by atoms with van der Waals surface area (Å²) in [4.78, 5) is 10.9. The van der Waals surface area contributed by atoms with Gasteiger partial charge in [-0.2, -0.15) is 0 Å². The molecular formula is C10H18O2Si. The van der Waals surface area contributed by atoms with Crippen LogP contribution in [-0.2, 0) is 9.53 Å². The first kappa shape index (κ1) is 12.2. The van der Waals surface area contributed by atoms with Gasteiger partial charge in [0.05, 0.1) is 8.07 Å². The van der Waals surface area contributed by atoms with Gasteiger partial charge in [0.15, 0.2) is 0 Å². The molecule has 0 amide bonds. The molecule has 0 rings (SSSR count). The molecule has 0 aliphatic heterocycles. The van der Waals surface area contributed by atoms with Gasteiger partial charge in [-0.15, -0.1) is 0 Å². The van der Waals surface area contributed by atoms with Crippen molar-refractivity contribution in [3.63, 3.8) is 0 Å². The Labute approximate surface area is 81.3 Å². The molecule has 0 aromatic rings. The lowest BCUT2D eigenvalue weighted by atomic mass is 10.4. The van der Waals surface area contributed by atoms with Gasteiger partial charge < -0.3 is 4.74 Å². The summed E-state index contributed by atoms with van der Waals surface area (Å²) in [6.45, 7) is 12.2. The Morgan fingerprint density at radius 2 is 2.00 bits per heavy atom. The van der Waals surface area contributed by atoms with Crippen molar-refractivity contribution >= 4 is 14.0 Å². The molecular weight excluding hydrogens is 180 g/mol. The van der Waals surface area contributed by atoms with Crippen molar-refractivity contribution < 1.29 is 9.53 Å². The lowest BCUT2D eigenvalue weighted by Crippen LogP contribution is -2.16. The van der Waals surface area contributed by atoms with Crippen molar-refractivity contribution in [2.75, 3.05) is 6.61 Å². The molecule has 2 nitrogen and oxygen atoms in total. The van der Waals surface area contributed by atoms with Crippen LogP contribution in [-0.4, -0.2) is 20.7 Å². The normalized spacial score (nSPS) is 11.7. The average molecular weight is 198 g/mol. The van der Waals surface area contributed by atoms with Gasteiger partial charge in [-0.25, -0.2) is 4.79 Å². The van der Waals surface area contributed by atoms with Gasteiger partial charge in [0.1, 0.15) is 6.61 Å². The van der Waals surface area contributed by atoms with Crippen LogP contribution in [0.5, 0.6) is 0 Å². The van der Waals surface area contributed by atoms with Crippen LogP contribution in [0.15, 0.2) is 23.9 Å². The fourth-order valence-corrected chi connectivity index (χ4v) is 1.45. The molecule has 0 atom stereocenters. The fraction of sp³-hybridized carbons (Fsp3) is 0.500. The van der Waals surface area contributed by atoms with Crippen LogP contribution in [0.2, 0.25) is 19.6 Å². The van der Waals surface area contributed by atoms with Crippen LogP contribution in [0.3, 0.4) is 0 Å². The average Bonchev–Trinajstić information content (AvgIpc) is 1.95. The summed E-state index contributed by atoms with van der Waals surface area (Å²) in [6.07, 6.45) is 1.91. The third-order valence-corrected chi connectivity index (χ3v) is 2.51. The smallest absolute Gasteiger partial charge is 0.333 e. The second kappa shape index (κ2) is 5.02. The van der Waals surface area contributed by atoms with Crippen molar-refractivity contribution in [1.82, 2.24) is 0 Å². The van der Waals surface area contributed by atoms with Crippen LogP contribution in [0.4, 0.5) is 0 Å². The second-order valence-corrected chi connectivity index (χ2v) is 9.21. The summed E-state index contributed by atoms with van der Waals surface area (Å²) in [5.41, 5.74) is 2.60. The second-order valence-electron chi connectivity index (χ2n) is 4.15. The van der Waals surface area contributed by atoms with Crippen molar-refractivity contribution in [3.05, 3.63) is 23.9 Å². The molecule has 13 heavy (non-hydrogen) atoms. The molecule has 0 N–H and O–H groups in total. The van der Waals surface area contributed by atoms with Gasteiger partial charge in [0.2, 0.25) is 0 Å². The van der Waals surface area contributed by atoms with Gasteiger partial charge >= 0.3 is 5.97 Å². The minimum absolute atomic E-state index is 0.319. The van der Waals surface area contributed by atoms with Gasteiger partial charge in [0, 0.05) is 5.57 Å². The molecule has 3 heteroatoms. The Kier molecular flexibility index (Phi) is 4.70. The van der Waals surface area contributed by atoms with Crippen LogP contribution in [0, 0.1) is 0 Å². The van der Waals surface area contributed by atoms with E-state index in [-0.39, 0.29) is 5.97 Å². The first-order valence-corrected chi connectivity index (χ1v) is 7.91. The number of esters is 1. The lowest BCUT2D eigenvalue weighted by Gasteiger charge is -2.08. The van der Waals surface area contributed by atoms with E-state index in [1.54, 1.807) is 6.92 Å². The Morgan fingerprint density at radius 1 is 1.46 bits per heavy atom. The third kappa shape index (κ3) is 7.53. The van der Waals surface area contributed by atoms with Crippen LogP contribution in [0.25, 0.3) is 0 Å². The quantitative estimate of drug-likeness (QED) is 0.394. The largest absolute Gasteiger partial charge is 0.458 e. The van der Waals surface area contributed by atoms with E-state index in [1.165, 1.54) is 0 Å². The summed E-state index contributed by atoms with van der Waals surface area (Å²) in [7, 11) is -1.15. The fourth-order valence-electron chi connectivity index (χ4n) is 0.649. The van der Waals surface area contributed by atoms with Crippen LogP contribution >= 0.6 is 0 Å². The monoisotopic (exact) mass is 198 g/mol. The number of carbonyl (C=O) groups excluding carboxylic acids is 1. The summed E-state index contributed by atoms with van der Waals surface area (Å²) in [6, 6.07) is 0. The summed E-state index contributed by atoms with van der Waals surface area (Å²) in [5.74, 6) is -0.319. The SMILES string of the molecule is C=C(C)C(=O)OCC=C[Si](C)(C)C. The number of carbonyl (C=O) groups is 1. The first-order chi connectivity index (χ1) is 5.83. The maximum Gasteiger partial charge on any atom is 0.333 e. The zero-order chi connectivity index (χ0) is 10.5. The highest BCUT2D eigenvalue weighted by Gasteiger charge is 2.06. The molecule has 0 aliphatic carbocycles. The zero-order valence-corrected chi connectivity index (χ0v) is 9.89. The molecule has 0 aliphatic rings. The van der Waals surface area contributed by atoms with Crippen molar-refractivity contribution in [3.8, 4) is 0 Å². The molecule has 0 heterocycles. The van der Waals surface area contributed by atoms with Gasteiger partial charge in [-0.3, -0.25) is 0 Å². The van der Waals surface area contributed by atoms with Crippen molar-refractivity contribution in [2.45, 2.75) is 26.6 Å². The number of ether oxygens (including phenoxy) is 1. The molecule has 0 bridgehead atoms. The van der Waals surface area contributed by atoms with E-state index in [1.807, 2.05) is 6.08 Å². The zero-order valence-electron chi connectivity index (χ0n) is 8.89. The van der Waals surface area contributed by atoms with Crippen LogP contribution in [0.1, 0.15) is 6.92 Å². The first-order valence-electron chi connectivity index (χ1n) is 4.33. The number of rotatable bonds is 4. The standard InChI is InChI=1S/C10H18O2Si/c1-9(2)10(11)12-7-6-8-13(3,4)5/h6,8H,1,7H2,2-5H3. The van der Waals surface area contributed by atoms with Crippen molar-refractivity contribution in [2.24, 2.45) is 0 Å². The maximum atomic E-state index is 10.9. The van der Waals surface area contributed by atoms with Crippen LogP contribution < -0.4 is 0 Å². The van der Waals surface area contributed by atoms with E-state index in [0.29, 0.717) is 12.2 Å². The molecule has 0 spiro atoms. The van der Waals surface area contributed by atoms with Gasteiger partial charge in [-0.05, 0) is 6.92 Å². The summed E-state index contributed by atoms with van der Waals surface area (Å²) < 4.78 is 4.90. The Balaban J connectivity index is 3.75. The highest BCUT2D eigenvalue weighted by atomic mass is 28.3. The molecule has 0 aromatic heterocycles. The minimum Gasteiger partial charge on any atom is -0.458 e.